The molecule has 0 aliphatic carbocycles. The van der Waals surface area contributed by atoms with Gasteiger partial charge in [-0.1, -0.05) is 25.1 Å². The van der Waals surface area contributed by atoms with Gasteiger partial charge in [0.15, 0.2) is 0 Å². The van der Waals surface area contributed by atoms with Crippen molar-refractivity contribution < 1.29 is 9.59 Å². The molecule has 5 nitrogen and oxygen atoms in total. The fourth-order valence-electron chi connectivity index (χ4n) is 2.15. The van der Waals surface area contributed by atoms with Gasteiger partial charge < -0.3 is 16.0 Å². The molecule has 0 spiro atoms. The van der Waals surface area contributed by atoms with Gasteiger partial charge in [0, 0.05) is 18.8 Å². The van der Waals surface area contributed by atoms with E-state index in [1.54, 1.807) is 0 Å². The molecule has 5 heteroatoms. The summed E-state index contributed by atoms with van der Waals surface area (Å²) in [6.45, 7) is 3.37. The van der Waals surface area contributed by atoms with Crippen molar-refractivity contribution in [3.8, 4) is 0 Å². The van der Waals surface area contributed by atoms with Crippen LogP contribution in [0.15, 0.2) is 24.3 Å². The van der Waals surface area contributed by atoms with E-state index < -0.39 is 6.04 Å². The molecular formula is C14H19N3O2. The van der Waals surface area contributed by atoms with Gasteiger partial charge in [0.1, 0.15) is 0 Å². The predicted octanol–water partition coefficient (Wildman–Crippen LogP) is 0.666. The number of piperazine rings is 1. The second kappa shape index (κ2) is 6.33. The number of rotatable bonds is 4. The van der Waals surface area contributed by atoms with Crippen LogP contribution in [-0.4, -0.2) is 30.9 Å². The molecule has 1 aliphatic rings. The van der Waals surface area contributed by atoms with Crippen molar-refractivity contribution in [2.45, 2.75) is 25.8 Å². The summed E-state index contributed by atoms with van der Waals surface area (Å²) in [4.78, 5) is 23.5. The lowest BCUT2D eigenvalue weighted by Crippen LogP contribution is -2.53. The summed E-state index contributed by atoms with van der Waals surface area (Å²) < 4.78 is 0. The molecule has 0 aromatic heterocycles. The number of benzene rings is 1. The Kier molecular flexibility index (Phi) is 4.52. The van der Waals surface area contributed by atoms with Crippen molar-refractivity contribution in [2.75, 3.05) is 18.4 Å². The Morgan fingerprint density at radius 3 is 2.89 bits per heavy atom. The van der Waals surface area contributed by atoms with Crippen molar-refractivity contribution in [2.24, 2.45) is 0 Å². The Balaban J connectivity index is 1.95. The maximum atomic E-state index is 12.0. The van der Waals surface area contributed by atoms with Crippen LogP contribution >= 0.6 is 0 Å². The smallest absolute Gasteiger partial charge is 0.237 e. The van der Waals surface area contributed by atoms with Crippen LogP contribution in [0.3, 0.4) is 0 Å². The molecule has 102 valence electrons. The molecule has 1 atom stereocenters. The van der Waals surface area contributed by atoms with Gasteiger partial charge in [0.2, 0.25) is 11.8 Å². The monoisotopic (exact) mass is 261 g/mol. The number of hydrogen-bond donors (Lipinski definition) is 3. The highest BCUT2D eigenvalue weighted by molar-refractivity contribution is 5.96. The highest BCUT2D eigenvalue weighted by Gasteiger charge is 2.24. The van der Waals surface area contributed by atoms with E-state index in [4.69, 9.17) is 0 Å². The number of hydrogen-bond acceptors (Lipinski definition) is 3. The minimum Gasteiger partial charge on any atom is -0.353 e. The largest absolute Gasteiger partial charge is 0.353 e. The number of para-hydroxylation sites is 1. The lowest BCUT2D eigenvalue weighted by atomic mass is 10.1. The molecule has 2 amide bonds. The highest BCUT2D eigenvalue weighted by Crippen LogP contribution is 2.15. The van der Waals surface area contributed by atoms with E-state index in [9.17, 15) is 9.59 Å². The van der Waals surface area contributed by atoms with E-state index >= 15 is 0 Å². The number of nitrogens with one attached hydrogen (secondary N) is 3. The average Bonchev–Trinajstić information content (AvgIpc) is 2.42. The van der Waals surface area contributed by atoms with E-state index in [1.165, 1.54) is 0 Å². The Labute approximate surface area is 112 Å². The van der Waals surface area contributed by atoms with Gasteiger partial charge >= 0.3 is 0 Å². The first-order chi connectivity index (χ1) is 9.20. The minimum absolute atomic E-state index is 0.106. The quantitative estimate of drug-likeness (QED) is 0.746. The third-order valence-electron chi connectivity index (χ3n) is 3.19. The van der Waals surface area contributed by atoms with Crippen molar-refractivity contribution >= 4 is 17.5 Å². The summed E-state index contributed by atoms with van der Waals surface area (Å²) >= 11 is 0. The third-order valence-corrected chi connectivity index (χ3v) is 3.19. The van der Waals surface area contributed by atoms with E-state index in [0.717, 1.165) is 17.7 Å². The van der Waals surface area contributed by atoms with E-state index in [-0.39, 0.29) is 18.2 Å². The van der Waals surface area contributed by atoms with Crippen molar-refractivity contribution in [3.63, 3.8) is 0 Å². The molecule has 1 aliphatic heterocycles. The Morgan fingerprint density at radius 1 is 1.37 bits per heavy atom. The minimum atomic E-state index is -0.428. The maximum Gasteiger partial charge on any atom is 0.237 e. The highest BCUT2D eigenvalue weighted by atomic mass is 16.2. The van der Waals surface area contributed by atoms with Crippen LogP contribution in [0.1, 0.15) is 18.9 Å². The normalized spacial score (nSPS) is 18.8. The number of aryl methyl sites for hydroxylation is 1. The average molecular weight is 261 g/mol. The summed E-state index contributed by atoms with van der Waals surface area (Å²) in [6.07, 6.45) is 1.02. The van der Waals surface area contributed by atoms with Crippen LogP contribution in [0.4, 0.5) is 5.69 Å². The fourth-order valence-corrected chi connectivity index (χ4v) is 2.15. The summed E-state index contributed by atoms with van der Waals surface area (Å²) in [5, 5.41) is 8.65. The summed E-state index contributed by atoms with van der Waals surface area (Å²) in [6, 6.07) is 7.28. The Bertz CT molecular complexity index is 474. The summed E-state index contributed by atoms with van der Waals surface area (Å²) in [5.41, 5.74) is 1.92. The maximum absolute atomic E-state index is 12.0. The predicted molar refractivity (Wildman–Crippen MR) is 73.9 cm³/mol. The first kappa shape index (κ1) is 13.5. The number of anilines is 1. The van der Waals surface area contributed by atoms with Gasteiger partial charge in [0.25, 0.3) is 0 Å². The SMILES string of the molecule is CCc1ccccc1NC(=O)CC1NCCNC1=O. The lowest BCUT2D eigenvalue weighted by Gasteiger charge is -2.23. The first-order valence-corrected chi connectivity index (χ1v) is 6.59. The second-order valence-corrected chi connectivity index (χ2v) is 4.56. The molecule has 1 saturated heterocycles. The molecule has 0 radical (unpaired) electrons. The van der Waals surface area contributed by atoms with Crippen LogP contribution < -0.4 is 16.0 Å². The summed E-state index contributed by atoms with van der Waals surface area (Å²) in [5.74, 6) is -0.249. The van der Waals surface area contributed by atoms with Crippen molar-refractivity contribution in [3.05, 3.63) is 29.8 Å². The zero-order valence-electron chi connectivity index (χ0n) is 11.0. The molecule has 1 aromatic carbocycles. The molecule has 2 rings (SSSR count). The van der Waals surface area contributed by atoms with Gasteiger partial charge in [-0.3, -0.25) is 9.59 Å². The van der Waals surface area contributed by atoms with Crippen LogP contribution in [0.5, 0.6) is 0 Å². The molecule has 0 bridgehead atoms. The van der Waals surface area contributed by atoms with Crippen LogP contribution in [-0.2, 0) is 16.0 Å². The molecule has 1 aromatic rings. The van der Waals surface area contributed by atoms with Gasteiger partial charge in [-0.15, -0.1) is 0 Å². The van der Waals surface area contributed by atoms with Crippen LogP contribution in [0.25, 0.3) is 0 Å². The Hall–Kier alpha value is -1.88. The fraction of sp³-hybridized carbons (Fsp3) is 0.429. The summed E-state index contributed by atoms with van der Waals surface area (Å²) in [7, 11) is 0. The van der Waals surface area contributed by atoms with Gasteiger partial charge in [-0.05, 0) is 18.1 Å². The van der Waals surface area contributed by atoms with Crippen LogP contribution in [0.2, 0.25) is 0 Å². The molecular weight excluding hydrogens is 242 g/mol. The lowest BCUT2D eigenvalue weighted by molar-refractivity contribution is -0.127. The molecule has 19 heavy (non-hydrogen) atoms. The number of carbonyl (C=O) groups excluding carboxylic acids is 2. The molecule has 1 fully saturated rings. The van der Waals surface area contributed by atoms with Gasteiger partial charge in [-0.2, -0.15) is 0 Å². The zero-order chi connectivity index (χ0) is 13.7. The number of carbonyl (C=O) groups is 2. The number of amides is 2. The van der Waals surface area contributed by atoms with Crippen molar-refractivity contribution in [1.82, 2.24) is 10.6 Å². The van der Waals surface area contributed by atoms with Crippen molar-refractivity contribution in [1.29, 1.82) is 0 Å². The van der Waals surface area contributed by atoms with Gasteiger partial charge in [0.05, 0.1) is 12.5 Å². The van der Waals surface area contributed by atoms with Crippen LogP contribution in [0, 0.1) is 0 Å². The Morgan fingerprint density at radius 2 is 2.16 bits per heavy atom. The molecule has 1 unspecified atom stereocenters. The standard InChI is InChI=1S/C14H19N3O2/c1-2-10-5-3-4-6-11(10)17-13(18)9-12-14(19)16-8-7-15-12/h3-6,12,15H,2,7-9H2,1H3,(H,16,19)(H,17,18). The zero-order valence-corrected chi connectivity index (χ0v) is 11.0. The topological polar surface area (TPSA) is 70.2 Å². The van der Waals surface area contributed by atoms with Gasteiger partial charge in [-0.25, -0.2) is 0 Å². The third kappa shape index (κ3) is 3.54. The second-order valence-electron chi connectivity index (χ2n) is 4.56. The van der Waals surface area contributed by atoms with E-state index in [0.29, 0.717) is 13.1 Å². The molecule has 1 heterocycles. The first-order valence-electron chi connectivity index (χ1n) is 6.59. The molecule has 0 saturated carbocycles. The molecule has 3 N–H and O–H groups in total. The van der Waals surface area contributed by atoms with E-state index in [1.807, 2.05) is 31.2 Å². The van der Waals surface area contributed by atoms with E-state index in [2.05, 4.69) is 16.0 Å².